The summed E-state index contributed by atoms with van der Waals surface area (Å²) in [5, 5.41) is 7.01. The van der Waals surface area contributed by atoms with Crippen molar-refractivity contribution in [1.29, 1.82) is 0 Å². The number of halogens is 1. The summed E-state index contributed by atoms with van der Waals surface area (Å²) < 4.78 is 15.1. The van der Waals surface area contributed by atoms with Crippen LogP contribution < -0.4 is 5.32 Å². The van der Waals surface area contributed by atoms with Crippen molar-refractivity contribution in [2.75, 3.05) is 51.6 Å². The van der Waals surface area contributed by atoms with E-state index < -0.39 is 5.82 Å². The van der Waals surface area contributed by atoms with Crippen LogP contribution in [0.15, 0.2) is 30.6 Å². The molecule has 4 rings (SSSR count). The van der Waals surface area contributed by atoms with Gasteiger partial charge in [0.2, 0.25) is 0 Å². The molecule has 0 aliphatic carbocycles. The summed E-state index contributed by atoms with van der Waals surface area (Å²) in [4.78, 5) is 23.2. The molecule has 9 heteroatoms. The minimum atomic E-state index is -0.465. The first-order valence-corrected chi connectivity index (χ1v) is 9.75. The third kappa shape index (κ3) is 4.15. The maximum absolute atomic E-state index is 13.8. The quantitative estimate of drug-likeness (QED) is 0.867. The topological polar surface area (TPSA) is 69.5 Å². The van der Waals surface area contributed by atoms with Gasteiger partial charge in [-0.25, -0.2) is 18.9 Å². The molecule has 2 saturated heterocycles. The van der Waals surface area contributed by atoms with Crippen molar-refractivity contribution < 1.29 is 9.18 Å². The number of pyridine rings is 1. The van der Waals surface area contributed by atoms with Gasteiger partial charge in [-0.15, -0.1) is 5.10 Å². The van der Waals surface area contributed by atoms with Gasteiger partial charge in [0.25, 0.3) is 0 Å². The summed E-state index contributed by atoms with van der Waals surface area (Å²) in [5.74, 6) is 0.0217. The number of aromatic nitrogens is 3. The number of carbonyl (C=O) groups is 1. The molecular weight excluding hydrogens is 361 g/mol. The van der Waals surface area contributed by atoms with Gasteiger partial charge in [-0.1, -0.05) is 0 Å². The van der Waals surface area contributed by atoms with Crippen LogP contribution in [0.3, 0.4) is 0 Å². The van der Waals surface area contributed by atoms with E-state index in [4.69, 9.17) is 0 Å². The van der Waals surface area contributed by atoms with Crippen molar-refractivity contribution in [1.82, 2.24) is 29.5 Å². The second kappa shape index (κ2) is 8.24. The minimum Gasteiger partial charge on any atom is -0.322 e. The number of hydrogen-bond acceptors (Lipinski definition) is 5. The predicted octanol–water partition coefficient (Wildman–Crippen LogP) is 1.65. The summed E-state index contributed by atoms with van der Waals surface area (Å²) >= 11 is 0. The Hall–Kier alpha value is -2.52. The predicted molar refractivity (Wildman–Crippen MR) is 104 cm³/mol. The second-order valence-electron chi connectivity index (χ2n) is 7.47. The van der Waals surface area contributed by atoms with E-state index in [0.717, 1.165) is 19.6 Å². The van der Waals surface area contributed by atoms with Crippen LogP contribution in [-0.2, 0) is 0 Å². The number of nitrogens with one attached hydrogen (secondary N) is 1. The van der Waals surface area contributed by atoms with E-state index in [1.165, 1.54) is 42.4 Å². The molecule has 2 fully saturated rings. The molecule has 1 unspecified atom stereocenters. The molecule has 2 aromatic rings. The van der Waals surface area contributed by atoms with Crippen LogP contribution in [0.1, 0.15) is 12.8 Å². The fraction of sp³-hybridized carbons (Fsp3) is 0.526. The molecule has 1 N–H and O–H groups in total. The molecule has 28 heavy (non-hydrogen) atoms. The molecule has 1 atom stereocenters. The van der Waals surface area contributed by atoms with Gasteiger partial charge in [-0.05, 0) is 38.6 Å². The number of piperidine rings is 1. The highest BCUT2D eigenvalue weighted by atomic mass is 19.1. The number of likely N-dealkylation sites (N-methyl/N-ethyl adjacent to an activating group) is 1. The lowest BCUT2D eigenvalue weighted by Crippen LogP contribution is -2.56. The normalized spacial score (nSPS) is 21.6. The second-order valence-corrected chi connectivity index (χ2v) is 7.47. The Kier molecular flexibility index (Phi) is 5.54. The van der Waals surface area contributed by atoms with Crippen LogP contribution >= 0.6 is 0 Å². The first-order valence-electron chi connectivity index (χ1n) is 9.75. The van der Waals surface area contributed by atoms with Crippen LogP contribution in [-0.4, -0.2) is 87.9 Å². The Bertz CT molecular complexity index is 818. The van der Waals surface area contributed by atoms with E-state index in [1.807, 2.05) is 4.90 Å². The summed E-state index contributed by atoms with van der Waals surface area (Å²) in [7, 11) is 2.17. The largest absolute Gasteiger partial charge is 0.323 e. The number of anilines is 1. The molecule has 0 saturated carbocycles. The average molecular weight is 387 g/mol. The van der Waals surface area contributed by atoms with Crippen LogP contribution in [0.2, 0.25) is 0 Å². The molecule has 0 radical (unpaired) electrons. The minimum absolute atomic E-state index is 0.106. The average Bonchev–Trinajstić information content (AvgIpc) is 3.16. The van der Waals surface area contributed by atoms with Crippen molar-refractivity contribution in [2.24, 2.45) is 0 Å². The Morgan fingerprint density at radius 2 is 2.04 bits per heavy atom. The van der Waals surface area contributed by atoms with Crippen molar-refractivity contribution >= 4 is 11.8 Å². The molecule has 2 aromatic heterocycles. The number of carbonyl (C=O) groups excluding carboxylic acids is 1. The van der Waals surface area contributed by atoms with E-state index in [-0.39, 0.29) is 11.8 Å². The Morgan fingerprint density at radius 3 is 2.79 bits per heavy atom. The molecule has 0 aromatic carbocycles. The molecule has 150 valence electrons. The smallest absolute Gasteiger partial charge is 0.322 e. The van der Waals surface area contributed by atoms with Crippen LogP contribution in [0.5, 0.6) is 0 Å². The number of hydrogen-bond donors (Lipinski definition) is 1. The molecule has 8 nitrogen and oxygen atoms in total. The van der Waals surface area contributed by atoms with Crippen molar-refractivity contribution in [3.05, 3.63) is 36.4 Å². The van der Waals surface area contributed by atoms with E-state index in [9.17, 15) is 9.18 Å². The molecule has 2 aliphatic heterocycles. The van der Waals surface area contributed by atoms with Gasteiger partial charge in [-0.2, -0.15) is 0 Å². The maximum atomic E-state index is 13.8. The first-order chi connectivity index (χ1) is 13.6. The van der Waals surface area contributed by atoms with Gasteiger partial charge in [0, 0.05) is 57.2 Å². The van der Waals surface area contributed by atoms with E-state index in [0.29, 0.717) is 24.9 Å². The Labute approximate surface area is 163 Å². The van der Waals surface area contributed by atoms with E-state index in [1.54, 1.807) is 12.3 Å². The monoisotopic (exact) mass is 387 g/mol. The first kappa shape index (κ1) is 18.8. The van der Waals surface area contributed by atoms with Gasteiger partial charge in [0.15, 0.2) is 17.5 Å². The zero-order valence-corrected chi connectivity index (χ0v) is 16.1. The van der Waals surface area contributed by atoms with Crippen molar-refractivity contribution in [2.45, 2.75) is 18.9 Å². The summed E-state index contributed by atoms with van der Waals surface area (Å²) in [6.07, 6.45) is 5.56. The maximum Gasteiger partial charge on any atom is 0.323 e. The highest BCUT2D eigenvalue weighted by Gasteiger charge is 2.28. The van der Waals surface area contributed by atoms with Gasteiger partial charge < -0.3 is 9.80 Å². The summed E-state index contributed by atoms with van der Waals surface area (Å²) in [6, 6.07) is 4.90. The third-order valence-corrected chi connectivity index (χ3v) is 5.50. The van der Waals surface area contributed by atoms with Crippen LogP contribution in [0, 0.1) is 5.82 Å². The van der Waals surface area contributed by atoms with Gasteiger partial charge in [-0.3, -0.25) is 10.2 Å². The molecular formula is C19H26FN7O. The van der Waals surface area contributed by atoms with Gasteiger partial charge >= 0.3 is 6.03 Å². The third-order valence-electron chi connectivity index (χ3n) is 5.50. The number of urea groups is 1. The van der Waals surface area contributed by atoms with Crippen LogP contribution in [0.4, 0.5) is 15.0 Å². The van der Waals surface area contributed by atoms with Crippen molar-refractivity contribution in [3.8, 4) is 5.82 Å². The van der Waals surface area contributed by atoms with Gasteiger partial charge in [0.1, 0.15) is 0 Å². The van der Waals surface area contributed by atoms with E-state index in [2.05, 4.69) is 32.2 Å². The lowest BCUT2D eigenvalue weighted by Gasteiger charge is -2.42. The number of nitrogens with zero attached hydrogens (tertiary/aromatic N) is 6. The molecule has 2 amide bonds. The highest BCUT2D eigenvalue weighted by Crippen LogP contribution is 2.17. The standard InChI is InChI=1S/C19H26FN7O/c1-24-8-3-4-15(14-24)25-10-12-26(13-11-25)19(28)22-17-6-9-27(23-17)18-16(20)5-2-7-21-18/h2,5-7,9,15H,3-4,8,10-14H2,1H3,(H,22,23,28). The zero-order chi connectivity index (χ0) is 19.5. The SMILES string of the molecule is CN1CCCC(N2CCN(C(=O)Nc3ccn(-c4ncccc4F)n3)CC2)C1. The Morgan fingerprint density at radius 1 is 1.21 bits per heavy atom. The number of amides is 2. The number of likely N-dealkylation sites (tertiary alicyclic amines) is 1. The molecule has 0 bridgehead atoms. The molecule has 0 spiro atoms. The van der Waals surface area contributed by atoms with Crippen LogP contribution in [0.25, 0.3) is 5.82 Å². The number of rotatable bonds is 3. The fourth-order valence-corrected chi connectivity index (χ4v) is 3.97. The summed E-state index contributed by atoms with van der Waals surface area (Å²) in [5.41, 5.74) is 0. The summed E-state index contributed by atoms with van der Waals surface area (Å²) in [6.45, 7) is 5.45. The van der Waals surface area contributed by atoms with Gasteiger partial charge in [0.05, 0.1) is 0 Å². The number of piperazine rings is 1. The lowest BCUT2D eigenvalue weighted by molar-refractivity contribution is 0.0717. The lowest BCUT2D eigenvalue weighted by atomic mass is 10.0. The molecule has 4 heterocycles. The van der Waals surface area contributed by atoms with Crippen molar-refractivity contribution in [3.63, 3.8) is 0 Å². The highest BCUT2D eigenvalue weighted by molar-refractivity contribution is 5.88. The molecule has 2 aliphatic rings. The zero-order valence-electron chi connectivity index (χ0n) is 16.1. The fourth-order valence-electron chi connectivity index (χ4n) is 3.97. The van der Waals surface area contributed by atoms with E-state index >= 15 is 0 Å². The Balaban J connectivity index is 1.31.